The smallest absolute Gasteiger partial charge is 0.240 e. The summed E-state index contributed by atoms with van der Waals surface area (Å²) in [6.07, 6.45) is 3.41. The quantitative estimate of drug-likeness (QED) is 0.639. The highest BCUT2D eigenvalue weighted by molar-refractivity contribution is 7.89. The molecule has 2 amide bonds. The summed E-state index contributed by atoms with van der Waals surface area (Å²) in [5, 5.41) is 2.80. The van der Waals surface area contributed by atoms with Gasteiger partial charge < -0.3 is 10.2 Å². The number of sulfonamides is 1. The van der Waals surface area contributed by atoms with E-state index in [1.54, 1.807) is 12.1 Å². The van der Waals surface area contributed by atoms with Crippen molar-refractivity contribution >= 4 is 33.2 Å². The highest BCUT2D eigenvalue weighted by Crippen LogP contribution is 2.39. The molecular formula is C24H29N3O4S. The van der Waals surface area contributed by atoms with Gasteiger partial charge in [0.1, 0.15) is 0 Å². The molecule has 1 fully saturated rings. The SMILES string of the molecule is CCc1cccc(NC(=O)CCNS(=O)(=O)c2ccc3c(c2)C[C@H](C)N3C(=O)C2CC2)c1. The summed E-state index contributed by atoms with van der Waals surface area (Å²) in [6, 6.07) is 12.5. The van der Waals surface area contributed by atoms with Crippen LogP contribution >= 0.6 is 0 Å². The maximum Gasteiger partial charge on any atom is 0.240 e. The second-order valence-electron chi connectivity index (χ2n) is 8.58. The molecule has 1 saturated carbocycles. The summed E-state index contributed by atoms with van der Waals surface area (Å²) >= 11 is 0. The van der Waals surface area contributed by atoms with Crippen molar-refractivity contribution in [3.8, 4) is 0 Å². The van der Waals surface area contributed by atoms with Gasteiger partial charge in [0.15, 0.2) is 0 Å². The van der Waals surface area contributed by atoms with Crippen molar-refractivity contribution in [3.05, 3.63) is 53.6 Å². The second kappa shape index (κ2) is 9.03. The van der Waals surface area contributed by atoms with Gasteiger partial charge in [-0.2, -0.15) is 0 Å². The lowest BCUT2D eigenvalue weighted by Crippen LogP contribution is -2.36. The molecular weight excluding hydrogens is 426 g/mol. The molecule has 0 unspecified atom stereocenters. The van der Waals surface area contributed by atoms with Gasteiger partial charge in [-0.3, -0.25) is 9.59 Å². The normalized spacial score (nSPS) is 17.8. The molecule has 2 aromatic carbocycles. The summed E-state index contributed by atoms with van der Waals surface area (Å²) in [4.78, 5) is 26.8. The van der Waals surface area contributed by atoms with Crippen molar-refractivity contribution in [1.82, 2.24) is 4.72 Å². The maximum atomic E-state index is 12.7. The monoisotopic (exact) mass is 455 g/mol. The van der Waals surface area contributed by atoms with Crippen molar-refractivity contribution in [3.63, 3.8) is 0 Å². The van der Waals surface area contributed by atoms with Crippen LogP contribution in [0.1, 0.15) is 44.2 Å². The predicted octanol–water partition coefficient (Wildman–Crippen LogP) is 3.24. The van der Waals surface area contributed by atoms with Gasteiger partial charge in [0.05, 0.1) is 4.90 Å². The van der Waals surface area contributed by atoms with E-state index in [9.17, 15) is 18.0 Å². The van der Waals surface area contributed by atoms with Crippen molar-refractivity contribution in [2.75, 3.05) is 16.8 Å². The van der Waals surface area contributed by atoms with Crippen LogP contribution in [0.15, 0.2) is 47.4 Å². The van der Waals surface area contributed by atoms with E-state index in [4.69, 9.17) is 0 Å². The zero-order valence-corrected chi connectivity index (χ0v) is 19.2. The Morgan fingerprint density at radius 3 is 2.62 bits per heavy atom. The third-order valence-corrected chi connectivity index (χ3v) is 7.46. The van der Waals surface area contributed by atoms with Gasteiger partial charge in [-0.25, -0.2) is 13.1 Å². The Morgan fingerprint density at radius 2 is 1.91 bits per heavy atom. The van der Waals surface area contributed by atoms with E-state index in [-0.39, 0.29) is 41.6 Å². The van der Waals surface area contributed by atoms with E-state index in [1.165, 1.54) is 6.07 Å². The molecule has 2 aliphatic rings. The number of carbonyl (C=O) groups excluding carboxylic acids is 2. The molecule has 0 spiro atoms. The van der Waals surface area contributed by atoms with E-state index >= 15 is 0 Å². The number of amides is 2. The molecule has 1 aliphatic carbocycles. The third-order valence-electron chi connectivity index (χ3n) is 6.00. The van der Waals surface area contributed by atoms with Crippen LogP contribution in [-0.4, -0.2) is 32.8 Å². The van der Waals surface area contributed by atoms with Gasteiger partial charge in [-0.1, -0.05) is 19.1 Å². The molecule has 1 heterocycles. The summed E-state index contributed by atoms with van der Waals surface area (Å²) in [6.45, 7) is 4.03. The first-order valence-electron chi connectivity index (χ1n) is 11.1. The number of carbonyl (C=O) groups is 2. The summed E-state index contributed by atoms with van der Waals surface area (Å²) < 4.78 is 28.0. The van der Waals surface area contributed by atoms with Crippen molar-refractivity contribution in [2.45, 2.75) is 56.9 Å². The topological polar surface area (TPSA) is 95.6 Å². The number of fused-ring (bicyclic) bond motifs is 1. The molecule has 4 rings (SSSR count). The Kier molecular flexibility index (Phi) is 6.35. The summed E-state index contributed by atoms with van der Waals surface area (Å²) in [5.41, 5.74) is 3.49. The molecule has 7 nitrogen and oxygen atoms in total. The highest BCUT2D eigenvalue weighted by Gasteiger charge is 2.39. The second-order valence-corrected chi connectivity index (χ2v) is 10.3. The van der Waals surface area contributed by atoms with Crippen molar-refractivity contribution in [2.24, 2.45) is 5.92 Å². The minimum atomic E-state index is -3.75. The van der Waals surface area contributed by atoms with Gasteiger partial charge in [0.25, 0.3) is 0 Å². The van der Waals surface area contributed by atoms with Crippen LogP contribution in [0.4, 0.5) is 11.4 Å². The Labute approximate surface area is 189 Å². The van der Waals surface area contributed by atoms with Crippen LogP contribution in [0.2, 0.25) is 0 Å². The Bertz CT molecular complexity index is 1140. The number of anilines is 2. The lowest BCUT2D eigenvalue weighted by atomic mass is 10.1. The van der Waals surface area contributed by atoms with Gasteiger partial charge in [-0.05, 0) is 74.1 Å². The first-order valence-corrected chi connectivity index (χ1v) is 12.6. The van der Waals surface area contributed by atoms with E-state index in [1.807, 2.05) is 43.0 Å². The van der Waals surface area contributed by atoms with Gasteiger partial charge in [0.2, 0.25) is 21.8 Å². The van der Waals surface area contributed by atoms with Crippen LogP contribution < -0.4 is 14.9 Å². The fourth-order valence-electron chi connectivity index (χ4n) is 4.11. The molecule has 8 heteroatoms. The van der Waals surface area contributed by atoms with Gasteiger partial charge in [-0.15, -0.1) is 0 Å². The number of hydrogen-bond donors (Lipinski definition) is 2. The van der Waals surface area contributed by atoms with Crippen LogP contribution in [0.25, 0.3) is 0 Å². The average molecular weight is 456 g/mol. The Hall–Kier alpha value is -2.71. The summed E-state index contributed by atoms with van der Waals surface area (Å²) in [5.74, 6) is 0.00231. The molecule has 1 atom stereocenters. The van der Waals surface area contributed by atoms with Crippen molar-refractivity contribution in [1.29, 1.82) is 0 Å². The molecule has 1 aliphatic heterocycles. The molecule has 0 aromatic heterocycles. The zero-order chi connectivity index (χ0) is 22.9. The molecule has 0 radical (unpaired) electrons. The van der Waals surface area contributed by atoms with Gasteiger partial charge >= 0.3 is 0 Å². The number of benzene rings is 2. The minimum Gasteiger partial charge on any atom is -0.326 e. The molecule has 170 valence electrons. The molecule has 2 aromatic rings. The molecule has 2 N–H and O–H groups in total. The van der Waals surface area contributed by atoms with Crippen LogP contribution in [0, 0.1) is 5.92 Å². The minimum absolute atomic E-state index is 0.00140. The number of hydrogen-bond acceptors (Lipinski definition) is 4. The lowest BCUT2D eigenvalue weighted by molar-refractivity contribution is -0.120. The number of aryl methyl sites for hydroxylation is 1. The van der Waals surface area contributed by atoms with Crippen LogP contribution in [0.3, 0.4) is 0 Å². The standard InChI is InChI=1S/C24H29N3O4S/c1-3-17-5-4-6-20(14-17)26-23(28)11-12-25-32(30,31)21-9-10-22-19(15-21)13-16(2)27(22)24(29)18-7-8-18/h4-6,9-10,14-16,18,25H,3,7-8,11-13H2,1-2H3,(H,26,28)/t16-/m0/s1. The predicted molar refractivity (Wildman–Crippen MR) is 124 cm³/mol. The number of nitrogens with zero attached hydrogens (tertiary/aromatic N) is 1. The highest BCUT2D eigenvalue weighted by atomic mass is 32.2. The van der Waals surface area contributed by atoms with E-state index < -0.39 is 10.0 Å². The fraction of sp³-hybridized carbons (Fsp3) is 0.417. The van der Waals surface area contributed by atoms with Gasteiger partial charge in [0, 0.05) is 36.3 Å². The average Bonchev–Trinajstić information content (AvgIpc) is 3.55. The molecule has 0 bridgehead atoms. The Morgan fingerprint density at radius 1 is 1.12 bits per heavy atom. The zero-order valence-electron chi connectivity index (χ0n) is 18.4. The van der Waals surface area contributed by atoms with E-state index in [0.717, 1.165) is 36.1 Å². The Balaban J connectivity index is 1.36. The fourth-order valence-corrected chi connectivity index (χ4v) is 5.19. The third kappa shape index (κ3) is 4.86. The molecule has 32 heavy (non-hydrogen) atoms. The van der Waals surface area contributed by atoms with E-state index in [0.29, 0.717) is 12.1 Å². The first kappa shape index (κ1) is 22.5. The first-order chi connectivity index (χ1) is 15.3. The number of nitrogens with one attached hydrogen (secondary N) is 2. The van der Waals surface area contributed by atoms with Crippen LogP contribution in [0.5, 0.6) is 0 Å². The van der Waals surface area contributed by atoms with Crippen molar-refractivity contribution < 1.29 is 18.0 Å². The molecule has 0 saturated heterocycles. The largest absolute Gasteiger partial charge is 0.326 e. The lowest BCUT2D eigenvalue weighted by Gasteiger charge is -2.22. The van der Waals surface area contributed by atoms with E-state index in [2.05, 4.69) is 10.0 Å². The summed E-state index contributed by atoms with van der Waals surface area (Å²) in [7, 11) is -3.75. The number of rotatable bonds is 8. The maximum absolute atomic E-state index is 12.7. The van der Waals surface area contributed by atoms with Crippen LogP contribution in [-0.2, 0) is 32.5 Å².